The lowest BCUT2D eigenvalue weighted by Crippen LogP contribution is -2.48. The second kappa shape index (κ2) is 10.9. The molecule has 8 heteroatoms. The first-order chi connectivity index (χ1) is 17.6. The first-order valence-corrected chi connectivity index (χ1v) is 12.4. The summed E-state index contributed by atoms with van der Waals surface area (Å²) in [5.74, 6) is 0.662. The van der Waals surface area contributed by atoms with Crippen LogP contribution in [0.2, 0.25) is 0 Å². The summed E-state index contributed by atoms with van der Waals surface area (Å²) in [7, 11) is 4.08. The van der Waals surface area contributed by atoms with Crippen LogP contribution in [0.4, 0.5) is 15.8 Å². The third kappa shape index (κ3) is 5.23. The molecular formula is C28H32FN7. The average molecular weight is 486 g/mol. The van der Waals surface area contributed by atoms with Gasteiger partial charge in [0.1, 0.15) is 5.82 Å². The molecule has 0 spiro atoms. The van der Waals surface area contributed by atoms with E-state index in [1.54, 1.807) is 6.07 Å². The third-order valence-electron chi connectivity index (χ3n) is 6.86. The quantitative estimate of drug-likeness (QED) is 0.376. The molecule has 0 aliphatic carbocycles. The number of halogens is 1. The van der Waals surface area contributed by atoms with Crippen LogP contribution in [-0.2, 0) is 13.0 Å². The van der Waals surface area contributed by atoms with Gasteiger partial charge in [0.25, 0.3) is 0 Å². The summed E-state index contributed by atoms with van der Waals surface area (Å²) >= 11 is 0. The van der Waals surface area contributed by atoms with Crippen LogP contribution < -0.4 is 9.80 Å². The molecule has 186 valence electrons. The summed E-state index contributed by atoms with van der Waals surface area (Å²) in [6.45, 7) is 3.73. The zero-order valence-corrected chi connectivity index (χ0v) is 20.8. The molecule has 36 heavy (non-hydrogen) atoms. The first-order valence-electron chi connectivity index (χ1n) is 12.4. The molecule has 0 bridgehead atoms. The summed E-state index contributed by atoms with van der Waals surface area (Å²) in [6.07, 6.45) is 0.853. The smallest absolute Gasteiger partial charge is 0.173 e. The summed E-state index contributed by atoms with van der Waals surface area (Å²) in [6, 6.07) is 25.9. The molecule has 1 aromatic heterocycles. The van der Waals surface area contributed by atoms with Crippen molar-refractivity contribution in [1.82, 2.24) is 25.1 Å². The Balaban J connectivity index is 1.40. The maximum Gasteiger partial charge on any atom is 0.173 e. The van der Waals surface area contributed by atoms with Crippen molar-refractivity contribution in [2.45, 2.75) is 19.0 Å². The second-order valence-corrected chi connectivity index (χ2v) is 9.36. The normalized spacial score (nSPS) is 15.1. The van der Waals surface area contributed by atoms with Gasteiger partial charge >= 0.3 is 0 Å². The molecular weight excluding hydrogens is 453 g/mol. The SMILES string of the molecule is CN(C)c1ccc(C(c2nnnn2CCc2ccccc2)N2CCN(c3ccccc3F)CC2)cc1. The Hall–Kier alpha value is -3.78. The number of benzene rings is 3. The van der Waals surface area contributed by atoms with Gasteiger partial charge in [0.15, 0.2) is 5.82 Å². The van der Waals surface area contributed by atoms with Crippen molar-refractivity contribution >= 4 is 11.4 Å². The van der Waals surface area contributed by atoms with Crippen LogP contribution in [0.5, 0.6) is 0 Å². The number of tetrazole rings is 1. The van der Waals surface area contributed by atoms with Gasteiger partial charge in [-0.3, -0.25) is 4.90 Å². The molecule has 0 amide bonds. The fourth-order valence-corrected chi connectivity index (χ4v) is 4.85. The van der Waals surface area contributed by atoms with E-state index in [0.29, 0.717) is 12.2 Å². The highest BCUT2D eigenvalue weighted by Crippen LogP contribution is 2.31. The predicted octanol–water partition coefficient (Wildman–Crippen LogP) is 4.03. The van der Waals surface area contributed by atoms with E-state index in [0.717, 1.165) is 49.7 Å². The van der Waals surface area contributed by atoms with Crippen LogP contribution in [0, 0.1) is 5.82 Å². The van der Waals surface area contributed by atoms with Gasteiger partial charge in [0.05, 0.1) is 11.7 Å². The molecule has 0 N–H and O–H groups in total. The molecule has 1 saturated heterocycles. The average Bonchev–Trinajstić information content (AvgIpc) is 3.37. The van der Waals surface area contributed by atoms with Gasteiger partial charge in [-0.2, -0.15) is 0 Å². The number of aryl methyl sites for hydroxylation is 2. The van der Waals surface area contributed by atoms with Gasteiger partial charge < -0.3 is 9.80 Å². The topological polar surface area (TPSA) is 53.3 Å². The number of piperazine rings is 1. The minimum atomic E-state index is -0.174. The van der Waals surface area contributed by atoms with Crippen LogP contribution >= 0.6 is 0 Å². The largest absolute Gasteiger partial charge is 0.378 e. The molecule has 2 heterocycles. The van der Waals surface area contributed by atoms with Gasteiger partial charge in [-0.15, -0.1) is 5.10 Å². The Morgan fingerprint density at radius 1 is 0.861 bits per heavy atom. The Morgan fingerprint density at radius 2 is 1.56 bits per heavy atom. The van der Waals surface area contributed by atoms with Gasteiger partial charge in [-0.1, -0.05) is 54.6 Å². The van der Waals surface area contributed by atoms with Crippen molar-refractivity contribution in [3.8, 4) is 0 Å². The van der Waals surface area contributed by atoms with Crippen molar-refractivity contribution in [3.05, 3.63) is 102 Å². The van der Waals surface area contributed by atoms with Gasteiger partial charge in [0, 0.05) is 52.5 Å². The Kier molecular flexibility index (Phi) is 7.23. The Bertz CT molecular complexity index is 1250. The van der Waals surface area contributed by atoms with Crippen molar-refractivity contribution < 1.29 is 4.39 Å². The molecule has 1 unspecified atom stereocenters. The highest BCUT2D eigenvalue weighted by Gasteiger charge is 2.31. The monoisotopic (exact) mass is 485 g/mol. The summed E-state index contributed by atoms with van der Waals surface area (Å²) in [4.78, 5) is 6.62. The van der Waals surface area contributed by atoms with Crippen LogP contribution in [0.1, 0.15) is 23.0 Å². The van der Waals surface area contributed by atoms with Crippen molar-refractivity contribution in [1.29, 1.82) is 0 Å². The lowest BCUT2D eigenvalue weighted by atomic mass is 10.0. The first kappa shape index (κ1) is 23.9. The summed E-state index contributed by atoms with van der Waals surface area (Å²) in [5.41, 5.74) is 4.21. The number of nitrogens with zero attached hydrogens (tertiary/aromatic N) is 7. The van der Waals surface area contributed by atoms with Crippen molar-refractivity contribution in [3.63, 3.8) is 0 Å². The minimum Gasteiger partial charge on any atom is -0.378 e. The van der Waals surface area contributed by atoms with Gasteiger partial charge in [-0.25, -0.2) is 9.07 Å². The van der Waals surface area contributed by atoms with Crippen LogP contribution in [0.15, 0.2) is 78.9 Å². The molecule has 7 nitrogen and oxygen atoms in total. The number of aromatic nitrogens is 4. The number of para-hydroxylation sites is 1. The number of rotatable bonds is 8. The highest BCUT2D eigenvalue weighted by molar-refractivity contribution is 5.49. The minimum absolute atomic E-state index is 0.0882. The molecule has 0 saturated carbocycles. The second-order valence-electron chi connectivity index (χ2n) is 9.36. The fourth-order valence-electron chi connectivity index (χ4n) is 4.85. The Labute approximate surface area is 211 Å². The summed E-state index contributed by atoms with van der Waals surface area (Å²) < 4.78 is 16.3. The van der Waals surface area contributed by atoms with Crippen LogP contribution in [0.3, 0.4) is 0 Å². The van der Waals surface area contributed by atoms with E-state index >= 15 is 0 Å². The van der Waals surface area contributed by atoms with E-state index in [1.165, 1.54) is 11.6 Å². The maximum atomic E-state index is 14.4. The molecule has 1 aliphatic heterocycles. The molecule has 4 aromatic rings. The van der Waals surface area contributed by atoms with Crippen molar-refractivity contribution in [2.24, 2.45) is 0 Å². The summed E-state index contributed by atoms with van der Waals surface area (Å²) in [5, 5.41) is 12.9. The van der Waals surface area contributed by atoms with E-state index in [2.05, 4.69) is 78.8 Å². The van der Waals surface area contributed by atoms with Crippen LogP contribution in [0.25, 0.3) is 0 Å². The van der Waals surface area contributed by atoms with E-state index in [1.807, 2.05) is 37.0 Å². The van der Waals surface area contributed by atoms with Crippen LogP contribution in [-0.4, -0.2) is 65.4 Å². The molecule has 1 aliphatic rings. The van der Waals surface area contributed by atoms with E-state index in [-0.39, 0.29) is 11.9 Å². The lowest BCUT2D eigenvalue weighted by Gasteiger charge is -2.40. The standard InChI is InChI=1S/C28H32FN7/c1-33(2)24-14-12-23(13-15-24)27(28-30-31-32-36(28)17-16-22-8-4-3-5-9-22)35-20-18-34(19-21-35)26-11-7-6-10-25(26)29/h3-15,27H,16-21H2,1-2H3. The van der Waals surface area contributed by atoms with Crippen molar-refractivity contribution in [2.75, 3.05) is 50.1 Å². The zero-order chi connectivity index (χ0) is 24.9. The number of hydrogen-bond acceptors (Lipinski definition) is 6. The third-order valence-corrected chi connectivity index (χ3v) is 6.86. The maximum absolute atomic E-state index is 14.4. The fraction of sp³-hybridized carbons (Fsp3) is 0.321. The predicted molar refractivity (Wildman–Crippen MR) is 141 cm³/mol. The van der Waals surface area contributed by atoms with E-state index in [9.17, 15) is 4.39 Å². The number of hydrogen-bond donors (Lipinski definition) is 0. The molecule has 3 aromatic carbocycles. The van der Waals surface area contributed by atoms with Gasteiger partial charge in [0.2, 0.25) is 0 Å². The molecule has 1 fully saturated rings. The zero-order valence-electron chi connectivity index (χ0n) is 20.8. The molecule has 0 radical (unpaired) electrons. The molecule has 5 rings (SSSR count). The highest BCUT2D eigenvalue weighted by atomic mass is 19.1. The lowest BCUT2D eigenvalue weighted by molar-refractivity contribution is 0.200. The molecule has 1 atom stereocenters. The van der Waals surface area contributed by atoms with E-state index < -0.39 is 0 Å². The number of anilines is 2. The Morgan fingerprint density at radius 3 is 2.25 bits per heavy atom. The van der Waals surface area contributed by atoms with Gasteiger partial charge in [-0.05, 0) is 52.2 Å². The van der Waals surface area contributed by atoms with E-state index in [4.69, 9.17) is 0 Å².